The van der Waals surface area contributed by atoms with Crippen molar-refractivity contribution in [3.63, 3.8) is 0 Å². The zero-order valence-corrected chi connectivity index (χ0v) is 7.40. The van der Waals surface area contributed by atoms with Crippen LogP contribution in [0.2, 0.25) is 0 Å². The third-order valence-electron chi connectivity index (χ3n) is 0.658. The standard InChI is InChI=1S/C4H12N2.Y/c5-3-1-2-4-6;/h1-6H2;. The summed E-state index contributed by atoms with van der Waals surface area (Å²) in [5.41, 5.74) is 10.3. The quantitative estimate of drug-likeness (QED) is 0.580. The van der Waals surface area contributed by atoms with Crippen LogP contribution in [0.25, 0.3) is 0 Å². The van der Waals surface area contributed by atoms with Gasteiger partial charge < -0.3 is 11.5 Å². The van der Waals surface area contributed by atoms with Gasteiger partial charge in [0.05, 0.1) is 0 Å². The fourth-order valence-corrected chi connectivity index (χ4v) is 0.289. The zero-order chi connectivity index (χ0) is 4.83. The van der Waals surface area contributed by atoms with E-state index in [4.69, 9.17) is 11.5 Å². The Bertz CT molecular complexity index is 21.7. The molecule has 41 valence electrons. The summed E-state index contributed by atoms with van der Waals surface area (Å²) in [5, 5.41) is 0. The van der Waals surface area contributed by atoms with Crippen LogP contribution in [0.4, 0.5) is 0 Å². The Morgan fingerprint density at radius 3 is 1.29 bits per heavy atom. The van der Waals surface area contributed by atoms with Crippen LogP contribution < -0.4 is 11.5 Å². The molecule has 7 heavy (non-hydrogen) atoms. The number of rotatable bonds is 3. The van der Waals surface area contributed by atoms with Gasteiger partial charge in [-0.05, 0) is 25.9 Å². The van der Waals surface area contributed by atoms with Crippen LogP contribution in [0.1, 0.15) is 12.8 Å². The molecule has 0 aliphatic carbocycles. The first-order valence-electron chi connectivity index (χ1n) is 2.32. The van der Waals surface area contributed by atoms with Gasteiger partial charge in [-0.15, -0.1) is 0 Å². The van der Waals surface area contributed by atoms with E-state index in [1.807, 2.05) is 0 Å². The molecule has 4 N–H and O–H groups in total. The Morgan fingerprint density at radius 2 is 1.14 bits per heavy atom. The minimum Gasteiger partial charge on any atom is -0.330 e. The first-order valence-corrected chi connectivity index (χ1v) is 2.32. The smallest absolute Gasteiger partial charge is 0 e. The molecule has 0 fully saturated rings. The molecule has 0 rings (SSSR count). The first kappa shape index (κ1) is 10.9. The maximum absolute atomic E-state index is 5.16. The SMILES string of the molecule is NCCCCN.[Y]. The molecule has 0 spiro atoms. The molecule has 0 saturated carbocycles. The van der Waals surface area contributed by atoms with Crippen molar-refractivity contribution >= 4 is 0 Å². The first-order chi connectivity index (χ1) is 2.91. The molecule has 0 unspecified atom stereocenters. The molecular formula is C4H12N2Y. The fourth-order valence-electron chi connectivity index (χ4n) is 0.289. The summed E-state index contributed by atoms with van der Waals surface area (Å²) in [6.07, 6.45) is 2.13. The normalized spacial score (nSPS) is 7.71. The number of hydrogen-bond acceptors (Lipinski definition) is 2. The summed E-state index contributed by atoms with van der Waals surface area (Å²) < 4.78 is 0. The fraction of sp³-hybridized carbons (Fsp3) is 1.00. The van der Waals surface area contributed by atoms with Gasteiger partial charge in [-0.25, -0.2) is 0 Å². The van der Waals surface area contributed by atoms with E-state index in [1.165, 1.54) is 0 Å². The molecule has 0 aromatic heterocycles. The second-order valence-corrected chi connectivity index (χ2v) is 1.28. The van der Waals surface area contributed by atoms with Crippen molar-refractivity contribution in [1.82, 2.24) is 0 Å². The number of hydrogen-bond donors (Lipinski definition) is 2. The second kappa shape index (κ2) is 10.1. The summed E-state index contributed by atoms with van der Waals surface area (Å²) in [6.45, 7) is 1.55. The number of nitrogens with two attached hydrogens (primary N) is 2. The molecule has 0 aliphatic heterocycles. The summed E-state index contributed by atoms with van der Waals surface area (Å²) in [4.78, 5) is 0. The molecule has 0 amide bonds. The minimum atomic E-state index is 0. The Morgan fingerprint density at radius 1 is 0.857 bits per heavy atom. The van der Waals surface area contributed by atoms with Crippen LogP contribution in [0.3, 0.4) is 0 Å². The number of unbranched alkanes of at least 4 members (excludes halogenated alkanes) is 1. The van der Waals surface area contributed by atoms with Crippen LogP contribution >= 0.6 is 0 Å². The van der Waals surface area contributed by atoms with E-state index in [9.17, 15) is 0 Å². The monoisotopic (exact) mass is 177 g/mol. The average molecular weight is 177 g/mol. The Balaban J connectivity index is 0. The Labute approximate surface area is 69.9 Å². The van der Waals surface area contributed by atoms with Gasteiger partial charge >= 0.3 is 0 Å². The predicted molar refractivity (Wildman–Crippen MR) is 27.3 cm³/mol. The Hall–Kier alpha value is 1.02. The van der Waals surface area contributed by atoms with Crippen molar-refractivity contribution in [2.24, 2.45) is 11.5 Å². The Kier molecular flexibility index (Phi) is 15.7. The molecule has 0 atom stereocenters. The van der Waals surface area contributed by atoms with Gasteiger partial charge in [-0.1, -0.05) is 0 Å². The van der Waals surface area contributed by atoms with E-state index in [1.54, 1.807) is 0 Å². The largest absolute Gasteiger partial charge is 0.330 e. The van der Waals surface area contributed by atoms with Crippen molar-refractivity contribution < 1.29 is 32.7 Å². The maximum Gasteiger partial charge on any atom is 0 e. The predicted octanol–water partition coefficient (Wildman–Crippen LogP) is -0.318. The van der Waals surface area contributed by atoms with Crippen LogP contribution in [0, 0.1) is 0 Å². The molecule has 3 heteroatoms. The topological polar surface area (TPSA) is 52.0 Å². The van der Waals surface area contributed by atoms with E-state index in [0.717, 1.165) is 25.9 Å². The molecule has 1 radical (unpaired) electrons. The molecule has 0 saturated heterocycles. The maximum atomic E-state index is 5.16. The molecule has 0 bridgehead atoms. The van der Waals surface area contributed by atoms with Crippen LogP contribution in [-0.4, -0.2) is 13.1 Å². The third-order valence-corrected chi connectivity index (χ3v) is 0.658. The summed E-state index contributed by atoms with van der Waals surface area (Å²) in [5.74, 6) is 0. The molecule has 0 aromatic carbocycles. The van der Waals surface area contributed by atoms with Crippen molar-refractivity contribution in [2.75, 3.05) is 13.1 Å². The van der Waals surface area contributed by atoms with E-state index >= 15 is 0 Å². The van der Waals surface area contributed by atoms with Gasteiger partial charge in [0, 0.05) is 32.7 Å². The van der Waals surface area contributed by atoms with Crippen LogP contribution in [0.15, 0.2) is 0 Å². The van der Waals surface area contributed by atoms with Gasteiger partial charge in [0.25, 0.3) is 0 Å². The minimum absolute atomic E-state index is 0. The van der Waals surface area contributed by atoms with E-state index in [-0.39, 0.29) is 32.7 Å². The van der Waals surface area contributed by atoms with E-state index in [0.29, 0.717) is 0 Å². The zero-order valence-electron chi connectivity index (χ0n) is 4.56. The van der Waals surface area contributed by atoms with Gasteiger partial charge in [0.1, 0.15) is 0 Å². The molecule has 2 nitrogen and oxygen atoms in total. The third kappa shape index (κ3) is 10.9. The van der Waals surface area contributed by atoms with Crippen molar-refractivity contribution in [2.45, 2.75) is 12.8 Å². The van der Waals surface area contributed by atoms with Gasteiger partial charge in [-0.2, -0.15) is 0 Å². The van der Waals surface area contributed by atoms with Gasteiger partial charge in [0.2, 0.25) is 0 Å². The van der Waals surface area contributed by atoms with Crippen LogP contribution in [0.5, 0.6) is 0 Å². The average Bonchev–Trinajstić information content (AvgIpc) is 1.61. The molecule has 0 aliphatic rings. The molecule has 0 heterocycles. The van der Waals surface area contributed by atoms with Crippen LogP contribution in [-0.2, 0) is 32.7 Å². The summed E-state index contributed by atoms with van der Waals surface area (Å²) in [6, 6.07) is 0. The van der Waals surface area contributed by atoms with Crippen molar-refractivity contribution in [3.8, 4) is 0 Å². The van der Waals surface area contributed by atoms with E-state index < -0.39 is 0 Å². The second-order valence-electron chi connectivity index (χ2n) is 1.28. The summed E-state index contributed by atoms with van der Waals surface area (Å²) >= 11 is 0. The molecule has 0 aromatic rings. The van der Waals surface area contributed by atoms with Crippen molar-refractivity contribution in [1.29, 1.82) is 0 Å². The van der Waals surface area contributed by atoms with Crippen molar-refractivity contribution in [3.05, 3.63) is 0 Å². The summed E-state index contributed by atoms with van der Waals surface area (Å²) in [7, 11) is 0. The van der Waals surface area contributed by atoms with E-state index in [2.05, 4.69) is 0 Å². The van der Waals surface area contributed by atoms with Gasteiger partial charge in [0.15, 0.2) is 0 Å². The molecular weight excluding hydrogens is 165 g/mol. The van der Waals surface area contributed by atoms with Gasteiger partial charge in [-0.3, -0.25) is 0 Å².